The Morgan fingerprint density at radius 2 is 2.00 bits per heavy atom. The number of carbonyl (C=O) groups is 2. The van der Waals surface area contributed by atoms with Crippen molar-refractivity contribution >= 4 is 12.0 Å². The number of hydrogen-bond donors (Lipinski definition) is 3. The lowest BCUT2D eigenvalue weighted by molar-refractivity contribution is -0.139. The normalized spacial score (nSPS) is 24.5. The third-order valence-electron chi connectivity index (χ3n) is 3.88. The van der Waals surface area contributed by atoms with E-state index >= 15 is 0 Å². The van der Waals surface area contributed by atoms with Gasteiger partial charge in [-0.3, -0.25) is 0 Å². The quantitative estimate of drug-likeness (QED) is 0.694. The average molecular weight is 270 g/mol. The van der Waals surface area contributed by atoms with Gasteiger partial charge >= 0.3 is 12.0 Å². The number of aliphatic carboxylic acids is 1. The molecule has 1 fully saturated rings. The molecule has 0 heterocycles. The fourth-order valence-corrected chi connectivity index (χ4v) is 2.56. The van der Waals surface area contributed by atoms with Crippen LogP contribution in [-0.2, 0) is 4.79 Å². The van der Waals surface area contributed by atoms with Crippen LogP contribution in [0.3, 0.4) is 0 Å². The van der Waals surface area contributed by atoms with E-state index in [1.165, 1.54) is 6.42 Å². The minimum absolute atomic E-state index is 0.175. The van der Waals surface area contributed by atoms with Gasteiger partial charge in [-0.25, -0.2) is 9.59 Å². The molecule has 110 valence electrons. The van der Waals surface area contributed by atoms with Crippen molar-refractivity contribution in [1.82, 2.24) is 10.6 Å². The summed E-state index contributed by atoms with van der Waals surface area (Å²) >= 11 is 0. The van der Waals surface area contributed by atoms with E-state index in [4.69, 9.17) is 5.11 Å². The van der Waals surface area contributed by atoms with Crippen molar-refractivity contribution in [2.24, 2.45) is 5.92 Å². The Hall–Kier alpha value is -1.26. The fraction of sp³-hybridized carbons (Fsp3) is 0.857. The summed E-state index contributed by atoms with van der Waals surface area (Å²) < 4.78 is 0. The molecule has 0 aromatic heterocycles. The Morgan fingerprint density at radius 3 is 2.58 bits per heavy atom. The Labute approximate surface area is 115 Å². The number of carboxylic acid groups (broad SMARTS) is 1. The molecule has 19 heavy (non-hydrogen) atoms. The van der Waals surface area contributed by atoms with Gasteiger partial charge in [0.05, 0.1) is 0 Å². The lowest BCUT2D eigenvalue weighted by Crippen LogP contribution is -2.51. The summed E-state index contributed by atoms with van der Waals surface area (Å²) in [6, 6.07) is -0.949. The number of urea groups is 1. The second-order valence-electron chi connectivity index (χ2n) is 5.52. The van der Waals surface area contributed by atoms with Crippen molar-refractivity contribution in [2.45, 2.75) is 70.9 Å². The molecule has 1 rings (SSSR count). The van der Waals surface area contributed by atoms with Crippen LogP contribution < -0.4 is 10.6 Å². The molecule has 2 unspecified atom stereocenters. The maximum atomic E-state index is 11.8. The van der Waals surface area contributed by atoms with Crippen LogP contribution in [0.1, 0.15) is 58.8 Å². The molecule has 0 saturated heterocycles. The minimum atomic E-state index is -0.958. The molecule has 1 saturated carbocycles. The van der Waals surface area contributed by atoms with E-state index < -0.39 is 12.0 Å². The molecule has 0 aromatic carbocycles. The summed E-state index contributed by atoms with van der Waals surface area (Å²) in [6.45, 7) is 4.14. The monoisotopic (exact) mass is 270 g/mol. The van der Waals surface area contributed by atoms with Crippen LogP contribution in [0.25, 0.3) is 0 Å². The number of amides is 2. The summed E-state index contributed by atoms with van der Waals surface area (Å²) in [5, 5.41) is 14.6. The highest BCUT2D eigenvalue weighted by atomic mass is 16.4. The standard InChI is InChI=1S/C14H26N2O3/c1-3-4-8-12(13(17)18)16-14(19)15-11-9-6-5-7-10(11)2/h10-12H,3-9H2,1-2H3,(H,17,18)(H2,15,16,19)/t10?,11?,12-/m0/s1. The summed E-state index contributed by atoms with van der Waals surface area (Å²) in [5.74, 6) is -0.487. The largest absolute Gasteiger partial charge is 0.480 e. The molecule has 5 heteroatoms. The lowest BCUT2D eigenvalue weighted by atomic mass is 9.86. The van der Waals surface area contributed by atoms with Crippen LogP contribution in [0, 0.1) is 5.92 Å². The van der Waals surface area contributed by atoms with Gasteiger partial charge in [0.15, 0.2) is 0 Å². The molecule has 0 spiro atoms. The van der Waals surface area contributed by atoms with Crippen LogP contribution >= 0.6 is 0 Å². The van der Waals surface area contributed by atoms with Gasteiger partial charge in [-0.2, -0.15) is 0 Å². The van der Waals surface area contributed by atoms with Crippen LogP contribution in [0.2, 0.25) is 0 Å². The highest BCUT2D eigenvalue weighted by Gasteiger charge is 2.25. The number of carbonyl (C=O) groups excluding carboxylic acids is 1. The predicted octanol–water partition coefficient (Wildman–Crippen LogP) is 2.51. The topological polar surface area (TPSA) is 78.4 Å². The maximum Gasteiger partial charge on any atom is 0.326 e. The maximum absolute atomic E-state index is 11.8. The van der Waals surface area contributed by atoms with Gasteiger partial charge in [0, 0.05) is 6.04 Å². The molecule has 1 aliphatic rings. The Morgan fingerprint density at radius 1 is 1.32 bits per heavy atom. The van der Waals surface area contributed by atoms with Crippen LogP contribution in [0.4, 0.5) is 4.79 Å². The highest BCUT2D eigenvalue weighted by molar-refractivity contribution is 5.82. The van der Waals surface area contributed by atoms with E-state index in [0.717, 1.165) is 32.1 Å². The van der Waals surface area contributed by atoms with Crippen molar-refractivity contribution in [3.63, 3.8) is 0 Å². The molecule has 1 aliphatic carbocycles. The molecular formula is C14H26N2O3. The minimum Gasteiger partial charge on any atom is -0.480 e. The van der Waals surface area contributed by atoms with E-state index in [1.807, 2.05) is 6.92 Å². The Kier molecular flexibility index (Phi) is 6.67. The van der Waals surface area contributed by atoms with Crippen LogP contribution in [-0.4, -0.2) is 29.2 Å². The van der Waals surface area contributed by atoms with Crippen molar-refractivity contribution in [2.75, 3.05) is 0 Å². The molecule has 0 bridgehead atoms. The summed E-state index contributed by atoms with van der Waals surface area (Å²) in [5.41, 5.74) is 0. The molecule has 3 atom stereocenters. The third-order valence-corrected chi connectivity index (χ3v) is 3.88. The first-order valence-corrected chi connectivity index (χ1v) is 7.34. The van der Waals surface area contributed by atoms with Crippen LogP contribution in [0.5, 0.6) is 0 Å². The number of unbranched alkanes of at least 4 members (excludes halogenated alkanes) is 1. The first-order chi connectivity index (χ1) is 9.04. The Bertz CT molecular complexity index is 307. The van der Waals surface area contributed by atoms with Gasteiger partial charge < -0.3 is 15.7 Å². The van der Waals surface area contributed by atoms with Gasteiger partial charge in [0.1, 0.15) is 6.04 Å². The van der Waals surface area contributed by atoms with E-state index in [9.17, 15) is 9.59 Å². The smallest absolute Gasteiger partial charge is 0.326 e. The molecular weight excluding hydrogens is 244 g/mol. The fourth-order valence-electron chi connectivity index (χ4n) is 2.56. The van der Waals surface area contributed by atoms with Crippen molar-refractivity contribution < 1.29 is 14.7 Å². The van der Waals surface area contributed by atoms with Gasteiger partial charge in [-0.15, -0.1) is 0 Å². The zero-order valence-electron chi connectivity index (χ0n) is 11.9. The van der Waals surface area contributed by atoms with E-state index in [-0.39, 0.29) is 12.1 Å². The number of rotatable bonds is 6. The second kappa shape index (κ2) is 8.02. The van der Waals surface area contributed by atoms with Gasteiger partial charge in [-0.1, -0.05) is 39.5 Å². The number of hydrogen-bond acceptors (Lipinski definition) is 2. The number of nitrogens with one attached hydrogen (secondary N) is 2. The molecule has 3 N–H and O–H groups in total. The van der Waals surface area contributed by atoms with Crippen LogP contribution in [0.15, 0.2) is 0 Å². The molecule has 0 aromatic rings. The summed E-state index contributed by atoms with van der Waals surface area (Å²) in [4.78, 5) is 22.9. The third kappa shape index (κ3) is 5.49. The molecule has 2 amide bonds. The predicted molar refractivity (Wildman–Crippen MR) is 74.0 cm³/mol. The van der Waals surface area contributed by atoms with Crippen molar-refractivity contribution in [1.29, 1.82) is 0 Å². The summed E-state index contributed by atoms with van der Waals surface area (Å²) in [7, 11) is 0. The van der Waals surface area contributed by atoms with Gasteiger partial charge in [-0.05, 0) is 25.2 Å². The van der Waals surface area contributed by atoms with E-state index in [0.29, 0.717) is 12.3 Å². The first kappa shape index (κ1) is 15.8. The zero-order chi connectivity index (χ0) is 14.3. The molecule has 0 radical (unpaired) electrons. The van der Waals surface area contributed by atoms with E-state index in [1.54, 1.807) is 0 Å². The van der Waals surface area contributed by atoms with E-state index in [2.05, 4.69) is 17.6 Å². The first-order valence-electron chi connectivity index (χ1n) is 7.34. The highest BCUT2D eigenvalue weighted by Crippen LogP contribution is 2.23. The van der Waals surface area contributed by atoms with Crippen molar-refractivity contribution in [3.05, 3.63) is 0 Å². The van der Waals surface area contributed by atoms with Gasteiger partial charge in [0.2, 0.25) is 0 Å². The molecule has 0 aliphatic heterocycles. The average Bonchev–Trinajstić information content (AvgIpc) is 2.37. The zero-order valence-corrected chi connectivity index (χ0v) is 11.9. The Balaban J connectivity index is 2.40. The summed E-state index contributed by atoms with van der Waals surface area (Å²) in [6.07, 6.45) is 6.68. The SMILES string of the molecule is CCCC[C@H](NC(=O)NC1CCCCC1C)C(=O)O. The number of carboxylic acids is 1. The molecule has 5 nitrogen and oxygen atoms in total. The second-order valence-corrected chi connectivity index (χ2v) is 5.52. The van der Waals surface area contributed by atoms with Crippen molar-refractivity contribution in [3.8, 4) is 0 Å². The lowest BCUT2D eigenvalue weighted by Gasteiger charge is -2.30. The van der Waals surface area contributed by atoms with Gasteiger partial charge in [0.25, 0.3) is 0 Å².